The minimum Gasteiger partial charge on any atom is -0.481 e. The molecule has 0 radical (unpaired) electrons. The van der Waals surface area contributed by atoms with E-state index < -0.39 is 87.9 Å². The van der Waals surface area contributed by atoms with Gasteiger partial charge in [-0.1, -0.05) is 44.6 Å². The van der Waals surface area contributed by atoms with Crippen molar-refractivity contribution in [2.24, 2.45) is 38.9 Å². The normalized spacial score (nSPS) is 41.2. The van der Waals surface area contributed by atoms with Gasteiger partial charge in [0.1, 0.15) is 30.8 Å². The molecule has 48 heavy (non-hydrogen) atoms. The van der Waals surface area contributed by atoms with Gasteiger partial charge in [-0.25, -0.2) is 0 Å². The van der Waals surface area contributed by atoms with E-state index in [1.54, 1.807) is 0 Å². The van der Waals surface area contributed by atoms with Crippen LogP contribution in [0.5, 0.6) is 0 Å². The van der Waals surface area contributed by atoms with Crippen LogP contribution < -0.4 is 0 Å². The molecule has 0 aliphatic heterocycles. The SMILES string of the molecule is C=C1CC[C@]2(C(=O)O)CC[C@]3(C)C(=CC[C@@H]4[C@@]5(C)[C@H](OC(C)=O)C[C@H](OC(C)=O)C(COC(C)=O)(COC(C)=O)[C@]5(O)CC[C@]43C)[C@@H]2C1. The van der Waals surface area contributed by atoms with Gasteiger partial charge in [-0.05, 0) is 68.1 Å². The summed E-state index contributed by atoms with van der Waals surface area (Å²) in [7, 11) is 0. The van der Waals surface area contributed by atoms with Crippen LogP contribution in [0.3, 0.4) is 0 Å². The van der Waals surface area contributed by atoms with Crippen LogP contribution in [0.15, 0.2) is 23.8 Å². The van der Waals surface area contributed by atoms with E-state index in [0.29, 0.717) is 44.9 Å². The zero-order valence-corrected chi connectivity index (χ0v) is 29.4. The Bertz CT molecular complexity index is 1430. The van der Waals surface area contributed by atoms with Gasteiger partial charge < -0.3 is 29.2 Å². The topological polar surface area (TPSA) is 163 Å². The van der Waals surface area contributed by atoms with Crippen LogP contribution in [0.4, 0.5) is 0 Å². The number of carboxylic acid groups (broad SMARTS) is 1. The molecule has 4 saturated carbocycles. The number of aliphatic carboxylic acids is 1. The van der Waals surface area contributed by atoms with E-state index in [4.69, 9.17) is 18.9 Å². The molecule has 4 fully saturated rings. The van der Waals surface area contributed by atoms with E-state index in [0.717, 1.165) is 11.1 Å². The molecule has 0 saturated heterocycles. The molecule has 11 heteroatoms. The molecule has 5 aliphatic carbocycles. The van der Waals surface area contributed by atoms with Crippen molar-refractivity contribution in [3.05, 3.63) is 23.8 Å². The summed E-state index contributed by atoms with van der Waals surface area (Å²) >= 11 is 0. The van der Waals surface area contributed by atoms with Crippen LogP contribution in [-0.2, 0) is 42.9 Å². The van der Waals surface area contributed by atoms with Gasteiger partial charge in [-0.15, -0.1) is 0 Å². The number of carboxylic acids is 1. The van der Waals surface area contributed by atoms with Crippen molar-refractivity contribution in [1.82, 2.24) is 0 Å². The van der Waals surface area contributed by atoms with E-state index in [1.165, 1.54) is 27.7 Å². The first kappa shape index (κ1) is 36.1. The maximum atomic E-state index is 13.4. The third kappa shape index (κ3) is 4.96. The predicted molar refractivity (Wildman–Crippen MR) is 172 cm³/mol. The molecule has 5 aliphatic rings. The fourth-order valence-corrected chi connectivity index (χ4v) is 11.3. The molecule has 0 amide bonds. The highest BCUT2D eigenvalue weighted by Gasteiger charge is 2.79. The Morgan fingerprint density at radius 1 is 0.833 bits per heavy atom. The van der Waals surface area contributed by atoms with Crippen LogP contribution in [0.25, 0.3) is 0 Å². The quantitative estimate of drug-likeness (QED) is 0.211. The van der Waals surface area contributed by atoms with E-state index in [1.807, 2.05) is 6.92 Å². The first-order chi connectivity index (χ1) is 22.2. The molecule has 0 aromatic rings. The molecule has 0 aromatic carbocycles. The molecule has 5 rings (SSSR count). The smallest absolute Gasteiger partial charge is 0.310 e. The van der Waals surface area contributed by atoms with Crippen molar-refractivity contribution < 1.29 is 53.1 Å². The molecular formula is C37H52O11. The third-order valence-electron chi connectivity index (χ3n) is 14.0. The van der Waals surface area contributed by atoms with Gasteiger partial charge >= 0.3 is 29.8 Å². The maximum Gasteiger partial charge on any atom is 0.310 e. The first-order valence-corrected chi connectivity index (χ1v) is 17.2. The third-order valence-corrected chi connectivity index (χ3v) is 14.0. The van der Waals surface area contributed by atoms with Crippen LogP contribution in [0.2, 0.25) is 0 Å². The predicted octanol–water partition coefficient (Wildman–Crippen LogP) is 5.08. The van der Waals surface area contributed by atoms with Gasteiger partial charge in [-0.3, -0.25) is 24.0 Å². The number of hydrogen-bond donors (Lipinski definition) is 2. The molecule has 266 valence electrons. The summed E-state index contributed by atoms with van der Waals surface area (Å²) in [6.45, 7) is 14.8. The summed E-state index contributed by atoms with van der Waals surface area (Å²) in [6, 6.07) is 0. The Morgan fingerprint density at radius 3 is 1.96 bits per heavy atom. The van der Waals surface area contributed by atoms with Gasteiger partial charge in [0.15, 0.2) is 0 Å². The highest BCUT2D eigenvalue weighted by atomic mass is 16.6. The molecule has 0 spiro atoms. The van der Waals surface area contributed by atoms with Crippen molar-refractivity contribution in [1.29, 1.82) is 0 Å². The van der Waals surface area contributed by atoms with Gasteiger partial charge in [0.05, 0.1) is 11.0 Å². The number of esters is 4. The minimum atomic E-state index is -1.83. The summed E-state index contributed by atoms with van der Waals surface area (Å²) in [4.78, 5) is 62.8. The standard InChI is InChI=1S/C37H52O11/c1-21-11-12-35(31(42)43)15-13-32(6)26(27(35)17-21)9-10-28-33(32,7)14-16-37(44)34(28,8)29(47-24(4)40)18-30(48-25(5)41)36(37,19-45-22(2)38)20-46-23(3)39/h9,27-30,44H,1,10-20H2,2-8H3,(H,42,43)/t27-,28-,29+,30-,32+,33+,34-,35-,37-/m0/s1. The van der Waals surface area contributed by atoms with Crippen molar-refractivity contribution >= 4 is 29.8 Å². The lowest BCUT2D eigenvalue weighted by Gasteiger charge is -2.74. The number of fused-ring (bicyclic) bond motifs is 7. The van der Waals surface area contributed by atoms with Gasteiger partial charge in [-0.2, -0.15) is 0 Å². The fourth-order valence-electron chi connectivity index (χ4n) is 11.3. The number of carbonyl (C=O) groups is 5. The van der Waals surface area contributed by atoms with Crippen molar-refractivity contribution in [2.75, 3.05) is 13.2 Å². The molecule has 0 aromatic heterocycles. The summed E-state index contributed by atoms with van der Waals surface area (Å²) in [5.74, 6) is -3.74. The Hall–Kier alpha value is -3.21. The molecule has 0 bridgehead atoms. The zero-order chi connectivity index (χ0) is 35.7. The molecular weight excluding hydrogens is 620 g/mol. The van der Waals surface area contributed by atoms with Crippen molar-refractivity contribution in [2.45, 2.75) is 124 Å². The second-order valence-corrected chi connectivity index (χ2v) is 16.0. The van der Waals surface area contributed by atoms with E-state index in [2.05, 4.69) is 26.5 Å². The maximum absolute atomic E-state index is 13.4. The fraction of sp³-hybridized carbons (Fsp3) is 0.757. The molecule has 9 atom stereocenters. The zero-order valence-electron chi connectivity index (χ0n) is 29.4. The number of aliphatic hydroxyl groups is 1. The van der Waals surface area contributed by atoms with Crippen molar-refractivity contribution in [3.8, 4) is 0 Å². The van der Waals surface area contributed by atoms with Crippen LogP contribution >= 0.6 is 0 Å². The second-order valence-electron chi connectivity index (χ2n) is 16.0. The number of allylic oxidation sites excluding steroid dienone is 3. The van der Waals surface area contributed by atoms with Crippen LogP contribution in [0, 0.1) is 38.9 Å². The summed E-state index contributed by atoms with van der Waals surface area (Å²) in [6.07, 6.45) is 4.17. The molecule has 0 unspecified atom stereocenters. The monoisotopic (exact) mass is 672 g/mol. The average molecular weight is 673 g/mol. The highest BCUT2D eigenvalue weighted by Crippen LogP contribution is 2.76. The summed E-state index contributed by atoms with van der Waals surface area (Å²) in [5, 5.41) is 24.1. The van der Waals surface area contributed by atoms with E-state index in [9.17, 15) is 34.2 Å². The second kappa shape index (κ2) is 12.0. The first-order valence-electron chi connectivity index (χ1n) is 17.2. The number of carbonyl (C=O) groups excluding carboxylic acids is 4. The largest absolute Gasteiger partial charge is 0.481 e. The highest BCUT2D eigenvalue weighted by molar-refractivity contribution is 5.77. The lowest BCUT2D eigenvalue weighted by molar-refractivity contribution is -0.341. The average Bonchev–Trinajstić information content (AvgIpc) is 2.98. The number of rotatable bonds is 7. The van der Waals surface area contributed by atoms with Gasteiger partial charge in [0, 0.05) is 45.4 Å². The van der Waals surface area contributed by atoms with Crippen molar-refractivity contribution in [3.63, 3.8) is 0 Å². The van der Waals surface area contributed by atoms with Crippen LogP contribution in [0.1, 0.15) is 106 Å². The lowest BCUT2D eigenvalue weighted by Crippen LogP contribution is -2.80. The Kier molecular flexibility index (Phi) is 9.01. The Morgan fingerprint density at radius 2 is 1.42 bits per heavy atom. The van der Waals surface area contributed by atoms with Gasteiger partial charge in [0.25, 0.3) is 0 Å². The Balaban J connectivity index is 1.72. The molecule has 0 heterocycles. The lowest BCUT2D eigenvalue weighted by atomic mass is 9.32. The Labute approximate surface area is 282 Å². The van der Waals surface area contributed by atoms with E-state index in [-0.39, 0.29) is 24.7 Å². The molecule has 2 N–H and O–H groups in total. The summed E-state index contributed by atoms with van der Waals surface area (Å²) in [5.41, 5.74) is -4.27. The van der Waals surface area contributed by atoms with Gasteiger partial charge in [0.2, 0.25) is 0 Å². The summed E-state index contributed by atoms with van der Waals surface area (Å²) < 4.78 is 23.2. The number of ether oxygens (including phenoxy) is 4. The number of hydrogen-bond acceptors (Lipinski definition) is 10. The van der Waals surface area contributed by atoms with Crippen LogP contribution in [-0.4, -0.2) is 71.1 Å². The minimum absolute atomic E-state index is 0.0229. The molecule has 11 nitrogen and oxygen atoms in total. The van der Waals surface area contributed by atoms with E-state index >= 15 is 0 Å².